The Balaban J connectivity index is 2.15. The van der Waals surface area contributed by atoms with Gasteiger partial charge >= 0.3 is 0 Å². The summed E-state index contributed by atoms with van der Waals surface area (Å²) >= 11 is 0. The highest BCUT2D eigenvalue weighted by molar-refractivity contribution is 4.74. The first-order valence-electron chi connectivity index (χ1n) is 6.94. The molecule has 1 rings (SSSR count). The van der Waals surface area contributed by atoms with Crippen LogP contribution < -0.4 is 5.32 Å². The van der Waals surface area contributed by atoms with Gasteiger partial charge in [0.25, 0.3) is 0 Å². The fourth-order valence-corrected chi connectivity index (χ4v) is 2.45. The van der Waals surface area contributed by atoms with E-state index in [1.54, 1.807) is 0 Å². The molecule has 3 heteroatoms. The predicted molar refractivity (Wildman–Crippen MR) is 68.7 cm³/mol. The van der Waals surface area contributed by atoms with Gasteiger partial charge in [-0.1, -0.05) is 19.8 Å². The van der Waals surface area contributed by atoms with Crippen molar-refractivity contribution in [2.24, 2.45) is 0 Å². The van der Waals surface area contributed by atoms with E-state index in [1.165, 1.54) is 45.1 Å². The van der Waals surface area contributed by atoms with E-state index in [0.717, 1.165) is 19.6 Å². The molecule has 0 aliphatic carbocycles. The van der Waals surface area contributed by atoms with Gasteiger partial charge in [-0.05, 0) is 51.9 Å². The van der Waals surface area contributed by atoms with Crippen molar-refractivity contribution in [3.63, 3.8) is 0 Å². The summed E-state index contributed by atoms with van der Waals surface area (Å²) in [5.41, 5.74) is 0. The number of aliphatic hydroxyl groups excluding tert-OH is 1. The zero-order valence-electron chi connectivity index (χ0n) is 10.7. The van der Waals surface area contributed by atoms with Crippen LogP contribution in [0.15, 0.2) is 0 Å². The summed E-state index contributed by atoms with van der Waals surface area (Å²) in [6, 6.07) is 0.425. The van der Waals surface area contributed by atoms with Crippen molar-refractivity contribution >= 4 is 0 Å². The van der Waals surface area contributed by atoms with E-state index >= 15 is 0 Å². The minimum atomic E-state index is 0.336. The molecule has 0 aromatic heterocycles. The Morgan fingerprint density at radius 2 is 2.12 bits per heavy atom. The second-order valence-electron chi connectivity index (χ2n) is 4.83. The van der Waals surface area contributed by atoms with Gasteiger partial charge in [0.15, 0.2) is 0 Å². The third-order valence-electron chi connectivity index (χ3n) is 3.44. The molecule has 1 unspecified atom stereocenters. The Hall–Kier alpha value is -0.120. The zero-order valence-corrected chi connectivity index (χ0v) is 10.7. The lowest BCUT2D eigenvalue weighted by Gasteiger charge is -2.28. The summed E-state index contributed by atoms with van der Waals surface area (Å²) in [4.78, 5) is 2.49. The molecule has 0 aromatic rings. The Morgan fingerprint density at radius 1 is 1.25 bits per heavy atom. The van der Waals surface area contributed by atoms with Crippen LogP contribution in [0.4, 0.5) is 0 Å². The molecule has 0 amide bonds. The van der Waals surface area contributed by atoms with Gasteiger partial charge < -0.3 is 10.4 Å². The number of nitrogens with zero attached hydrogens (tertiary/aromatic N) is 1. The van der Waals surface area contributed by atoms with E-state index in [-0.39, 0.29) is 0 Å². The molecular weight excluding hydrogens is 200 g/mol. The molecule has 0 bridgehead atoms. The van der Waals surface area contributed by atoms with Crippen molar-refractivity contribution in [3.05, 3.63) is 0 Å². The third kappa shape index (κ3) is 5.28. The minimum Gasteiger partial charge on any atom is -0.395 e. The van der Waals surface area contributed by atoms with Crippen LogP contribution in [0.5, 0.6) is 0 Å². The molecule has 0 aromatic carbocycles. The molecular formula is C13H28N2O. The smallest absolute Gasteiger partial charge is 0.0586 e. The first kappa shape index (κ1) is 13.9. The van der Waals surface area contributed by atoms with Crippen LogP contribution in [0.1, 0.15) is 45.4 Å². The van der Waals surface area contributed by atoms with Crippen molar-refractivity contribution in [2.75, 3.05) is 32.8 Å². The van der Waals surface area contributed by atoms with Crippen molar-refractivity contribution in [1.29, 1.82) is 0 Å². The number of hydrogen-bond donors (Lipinski definition) is 2. The normalized spacial score (nSPS) is 23.2. The van der Waals surface area contributed by atoms with E-state index in [9.17, 15) is 5.11 Å². The average molecular weight is 228 g/mol. The van der Waals surface area contributed by atoms with Gasteiger partial charge in [0, 0.05) is 6.04 Å². The second-order valence-corrected chi connectivity index (χ2v) is 4.83. The lowest BCUT2D eigenvalue weighted by atomic mass is 10.1. The van der Waals surface area contributed by atoms with Gasteiger partial charge in [-0.2, -0.15) is 0 Å². The Labute approximate surface area is 100 Å². The molecule has 1 aliphatic heterocycles. The average Bonchev–Trinajstić information content (AvgIpc) is 2.53. The van der Waals surface area contributed by atoms with Gasteiger partial charge in [0.05, 0.1) is 6.61 Å². The van der Waals surface area contributed by atoms with Gasteiger partial charge in [0.2, 0.25) is 0 Å². The maximum absolute atomic E-state index is 9.37. The quantitative estimate of drug-likeness (QED) is 0.650. The van der Waals surface area contributed by atoms with Crippen LogP contribution in [0.3, 0.4) is 0 Å². The second kappa shape index (κ2) is 8.97. The van der Waals surface area contributed by atoms with Crippen molar-refractivity contribution in [3.8, 4) is 0 Å². The maximum atomic E-state index is 9.37. The van der Waals surface area contributed by atoms with Gasteiger partial charge in [-0.25, -0.2) is 0 Å². The molecule has 1 heterocycles. The standard InChI is InChI=1S/C13H28N2O/c1-2-8-14-9-6-11-15-10-5-3-4-7-13(15)12-16/h13-14,16H,2-12H2,1H3. The monoisotopic (exact) mass is 228 g/mol. The Kier molecular flexibility index (Phi) is 7.81. The third-order valence-corrected chi connectivity index (χ3v) is 3.44. The summed E-state index contributed by atoms with van der Waals surface area (Å²) < 4.78 is 0. The fourth-order valence-electron chi connectivity index (χ4n) is 2.45. The minimum absolute atomic E-state index is 0.336. The lowest BCUT2D eigenvalue weighted by molar-refractivity contribution is 0.123. The van der Waals surface area contributed by atoms with Crippen LogP contribution in [0.25, 0.3) is 0 Å². The SMILES string of the molecule is CCCNCCCN1CCCCCC1CO. The van der Waals surface area contributed by atoms with Crippen LogP contribution in [-0.4, -0.2) is 48.8 Å². The Morgan fingerprint density at radius 3 is 2.88 bits per heavy atom. The lowest BCUT2D eigenvalue weighted by Crippen LogP contribution is -2.39. The van der Waals surface area contributed by atoms with E-state index in [1.807, 2.05) is 0 Å². The topological polar surface area (TPSA) is 35.5 Å². The Bertz CT molecular complexity index is 164. The van der Waals surface area contributed by atoms with Crippen LogP contribution in [-0.2, 0) is 0 Å². The van der Waals surface area contributed by atoms with E-state index in [4.69, 9.17) is 0 Å². The number of nitrogens with one attached hydrogen (secondary N) is 1. The summed E-state index contributed by atoms with van der Waals surface area (Å²) in [5, 5.41) is 12.8. The molecule has 0 radical (unpaired) electrons. The van der Waals surface area contributed by atoms with Gasteiger partial charge in [0.1, 0.15) is 0 Å². The summed E-state index contributed by atoms with van der Waals surface area (Å²) in [6.45, 7) is 7.10. The molecule has 1 saturated heterocycles. The van der Waals surface area contributed by atoms with Gasteiger partial charge in [-0.3, -0.25) is 4.90 Å². The number of hydrogen-bond acceptors (Lipinski definition) is 3. The largest absolute Gasteiger partial charge is 0.395 e. The first-order valence-corrected chi connectivity index (χ1v) is 6.94. The highest BCUT2D eigenvalue weighted by atomic mass is 16.3. The molecule has 3 nitrogen and oxygen atoms in total. The van der Waals surface area contributed by atoms with E-state index in [2.05, 4.69) is 17.1 Å². The highest BCUT2D eigenvalue weighted by Gasteiger charge is 2.19. The fraction of sp³-hybridized carbons (Fsp3) is 1.00. The summed E-state index contributed by atoms with van der Waals surface area (Å²) in [6.07, 6.45) is 7.52. The highest BCUT2D eigenvalue weighted by Crippen LogP contribution is 2.16. The number of rotatable bonds is 7. The van der Waals surface area contributed by atoms with Crippen LogP contribution in [0, 0.1) is 0 Å². The zero-order chi connectivity index (χ0) is 11.6. The maximum Gasteiger partial charge on any atom is 0.0586 e. The predicted octanol–water partition coefficient (Wildman–Crippen LogP) is 1.61. The van der Waals surface area contributed by atoms with E-state index in [0.29, 0.717) is 12.6 Å². The van der Waals surface area contributed by atoms with Crippen LogP contribution in [0.2, 0.25) is 0 Å². The molecule has 16 heavy (non-hydrogen) atoms. The molecule has 2 N–H and O–H groups in total. The van der Waals surface area contributed by atoms with Crippen LogP contribution >= 0.6 is 0 Å². The molecule has 1 atom stereocenters. The number of aliphatic hydroxyl groups is 1. The molecule has 0 saturated carbocycles. The summed E-state index contributed by atoms with van der Waals surface area (Å²) in [7, 11) is 0. The molecule has 96 valence electrons. The number of likely N-dealkylation sites (tertiary alicyclic amines) is 1. The van der Waals surface area contributed by atoms with Crippen molar-refractivity contribution in [1.82, 2.24) is 10.2 Å². The molecule has 1 fully saturated rings. The van der Waals surface area contributed by atoms with Gasteiger partial charge in [-0.15, -0.1) is 0 Å². The molecule has 0 spiro atoms. The first-order chi connectivity index (χ1) is 7.88. The summed E-state index contributed by atoms with van der Waals surface area (Å²) in [5.74, 6) is 0. The van der Waals surface area contributed by atoms with E-state index < -0.39 is 0 Å². The molecule has 1 aliphatic rings. The van der Waals surface area contributed by atoms with Crippen molar-refractivity contribution < 1.29 is 5.11 Å². The van der Waals surface area contributed by atoms with Crippen molar-refractivity contribution in [2.45, 2.75) is 51.5 Å².